The van der Waals surface area contributed by atoms with Crippen molar-refractivity contribution >= 4 is 21.6 Å². The number of hydrogen-bond donors (Lipinski definition) is 3. The molecular formula is C12H19N3O3S. The van der Waals surface area contributed by atoms with Crippen molar-refractivity contribution in [2.75, 3.05) is 5.73 Å². The Bertz CT molecular complexity index is 598. The standard InChI is InChI=1S/C12H19N3O3S/c1-7-5-9(13)6-8(2)10(7)19(17,18)15-12(3,4)11(14)16/h5-6,15H,13H2,1-4H3,(H2,14,16). The predicted octanol–water partition coefficient (Wildman–Crippen LogP) is 0.428. The summed E-state index contributed by atoms with van der Waals surface area (Å²) in [6, 6.07) is 3.14. The van der Waals surface area contributed by atoms with E-state index >= 15 is 0 Å². The third kappa shape index (κ3) is 3.24. The normalized spacial score (nSPS) is 12.4. The number of carbonyl (C=O) groups excluding carboxylic acids is 1. The lowest BCUT2D eigenvalue weighted by molar-refractivity contribution is -0.122. The molecule has 7 heteroatoms. The second-order valence-electron chi connectivity index (χ2n) is 5.08. The van der Waals surface area contributed by atoms with E-state index in [2.05, 4.69) is 4.72 Å². The lowest BCUT2D eigenvalue weighted by atomic mass is 10.1. The number of rotatable bonds is 4. The van der Waals surface area contributed by atoms with E-state index in [0.29, 0.717) is 16.8 Å². The van der Waals surface area contributed by atoms with Gasteiger partial charge in [0.25, 0.3) is 0 Å². The molecule has 0 heterocycles. The third-order valence-corrected chi connectivity index (χ3v) is 4.72. The number of hydrogen-bond acceptors (Lipinski definition) is 4. The van der Waals surface area contributed by atoms with Gasteiger partial charge in [-0.2, -0.15) is 4.72 Å². The van der Waals surface area contributed by atoms with Gasteiger partial charge in [-0.3, -0.25) is 4.79 Å². The number of nitrogens with two attached hydrogens (primary N) is 2. The molecule has 0 fully saturated rings. The second kappa shape index (κ2) is 4.82. The van der Waals surface area contributed by atoms with Crippen molar-refractivity contribution in [2.45, 2.75) is 38.1 Å². The van der Waals surface area contributed by atoms with Gasteiger partial charge in [0.2, 0.25) is 15.9 Å². The number of primary amides is 1. The average Bonchev–Trinajstić information content (AvgIpc) is 2.12. The molecule has 6 nitrogen and oxygen atoms in total. The van der Waals surface area contributed by atoms with Gasteiger partial charge in [-0.1, -0.05) is 0 Å². The summed E-state index contributed by atoms with van der Waals surface area (Å²) in [5.74, 6) is -0.748. The zero-order valence-electron chi connectivity index (χ0n) is 11.4. The Balaban J connectivity index is 3.34. The zero-order chi connectivity index (χ0) is 15.0. The maximum Gasteiger partial charge on any atom is 0.242 e. The molecule has 5 N–H and O–H groups in total. The van der Waals surface area contributed by atoms with Crippen LogP contribution in [0.15, 0.2) is 17.0 Å². The lowest BCUT2D eigenvalue weighted by Crippen LogP contribution is -2.53. The minimum Gasteiger partial charge on any atom is -0.399 e. The number of benzene rings is 1. The fourth-order valence-corrected chi connectivity index (χ4v) is 3.68. The van der Waals surface area contributed by atoms with Crippen LogP contribution in [0.3, 0.4) is 0 Å². The molecule has 0 unspecified atom stereocenters. The van der Waals surface area contributed by atoms with Crippen molar-refractivity contribution in [1.82, 2.24) is 4.72 Å². The Kier molecular flexibility index (Phi) is 3.92. The van der Waals surface area contributed by atoms with E-state index in [0.717, 1.165) is 0 Å². The molecule has 0 radical (unpaired) electrons. The first-order chi connectivity index (χ1) is 8.47. The van der Waals surface area contributed by atoms with E-state index in [1.54, 1.807) is 26.0 Å². The number of anilines is 1. The van der Waals surface area contributed by atoms with Crippen LogP contribution in [0.25, 0.3) is 0 Å². The quantitative estimate of drug-likeness (QED) is 0.695. The fourth-order valence-electron chi connectivity index (χ4n) is 1.84. The largest absolute Gasteiger partial charge is 0.399 e. The molecule has 0 spiro atoms. The number of aryl methyl sites for hydroxylation is 2. The Morgan fingerprint density at radius 1 is 1.21 bits per heavy atom. The summed E-state index contributed by atoms with van der Waals surface area (Å²) in [4.78, 5) is 11.4. The predicted molar refractivity (Wildman–Crippen MR) is 73.9 cm³/mol. The summed E-state index contributed by atoms with van der Waals surface area (Å²) in [6.45, 7) is 6.12. The number of nitrogen functional groups attached to an aromatic ring is 1. The van der Waals surface area contributed by atoms with Gasteiger partial charge >= 0.3 is 0 Å². The number of nitrogens with one attached hydrogen (secondary N) is 1. The summed E-state index contributed by atoms with van der Waals surface area (Å²) in [5, 5.41) is 0. The minimum atomic E-state index is -3.85. The summed E-state index contributed by atoms with van der Waals surface area (Å²) in [7, 11) is -3.85. The maximum atomic E-state index is 12.3. The molecule has 1 rings (SSSR count). The van der Waals surface area contributed by atoms with Crippen LogP contribution >= 0.6 is 0 Å². The van der Waals surface area contributed by atoms with Gasteiger partial charge in [-0.15, -0.1) is 0 Å². The molecule has 1 amide bonds. The van der Waals surface area contributed by atoms with Crippen LogP contribution in [-0.2, 0) is 14.8 Å². The summed E-state index contributed by atoms with van der Waals surface area (Å²) >= 11 is 0. The van der Waals surface area contributed by atoms with Crippen LogP contribution in [0.5, 0.6) is 0 Å². The summed E-state index contributed by atoms with van der Waals surface area (Å²) < 4.78 is 27.0. The monoisotopic (exact) mass is 285 g/mol. The van der Waals surface area contributed by atoms with Crippen LogP contribution in [0, 0.1) is 13.8 Å². The second-order valence-corrected chi connectivity index (χ2v) is 6.70. The first kappa shape index (κ1) is 15.5. The van der Waals surface area contributed by atoms with Crippen LogP contribution in [-0.4, -0.2) is 19.9 Å². The van der Waals surface area contributed by atoms with Crippen molar-refractivity contribution in [2.24, 2.45) is 5.73 Å². The Morgan fingerprint density at radius 2 is 1.63 bits per heavy atom. The van der Waals surface area contributed by atoms with E-state index in [1.165, 1.54) is 13.8 Å². The molecule has 0 aliphatic rings. The van der Waals surface area contributed by atoms with Crippen LogP contribution in [0.4, 0.5) is 5.69 Å². The molecule has 0 atom stereocenters. The van der Waals surface area contributed by atoms with E-state index in [9.17, 15) is 13.2 Å². The zero-order valence-corrected chi connectivity index (χ0v) is 12.3. The van der Waals surface area contributed by atoms with E-state index in [4.69, 9.17) is 11.5 Å². The van der Waals surface area contributed by atoms with Crippen molar-refractivity contribution < 1.29 is 13.2 Å². The third-order valence-electron chi connectivity index (χ3n) is 2.76. The SMILES string of the molecule is Cc1cc(N)cc(C)c1S(=O)(=O)NC(C)(C)C(N)=O. The van der Waals surface area contributed by atoms with Crippen LogP contribution < -0.4 is 16.2 Å². The molecule has 0 aliphatic carbocycles. The fraction of sp³-hybridized carbons (Fsp3) is 0.417. The van der Waals surface area contributed by atoms with Gasteiger partial charge in [0.15, 0.2) is 0 Å². The highest BCUT2D eigenvalue weighted by Crippen LogP contribution is 2.24. The van der Waals surface area contributed by atoms with Crippen LogP contribution in [0.1, 0.15) is 25.0 Å². The number of carbonyl (C=O) groups is 1. The number of sulfonamides is 1. The van der Waals surface area contributed by atoms with Gasteiger partial charge in [0.1, 0.15) is 5.54 Å². The van der Waals surface area contributed by atoms with E-state index in [-0.39, 0.29) is 4.90 Å². The highest BCUT2D eigenvalue weighted by atomic mass is 32.2. The van der Waals surface area contributed by atoms with Gasteiger partial charge in [0, 0.05) is 5.69 Å². The number of amides is 1. The minimum absolute atomic E-state index is 0.121. The van der Waals surface area contributed by atoms with Gasteiger partial charge < -0.3 is 11.5 Å². The Hall–Kier alpha value is -1.60. The smallest absolute Gasteiger partial charge is 0.242 e. The molecule has 0 saturated carbocycles. The molecular weight excluding hydrogens is 266 g/mol. The molecule has 106 valence electrons. The van der Waals surface area contributed by atoms with Gasteiger partial charge in [-0.25, -0.2) is 8.42 Å². The van der Waals surface area contributed by atoms with Crippen molar-refractivity contribution in [3.05, 3.63) is 23.3 Å². The van der Waals surface area contributed by atoms with Gasteiger partial charge in [0.05, 0.1) is 4.90 Å². The molecule has 0 aromatic heterocycles. The molecule has 0 aliphatic heterocycles. The summed E-state index contributed by atoms with van der Waals surface area (Å²) in [5.41, 5.74) is 11.0. The van der Waals surface area contributed by atoms with E-state index in [1.807, 2.05) is 0 Å². The first-order valence-corrected chi connectivity index (χ1v) is 7.16. The van der Waals surface area contributed by atoms with E-state index < -0.39 is 21.5 Å². The maximum absolute atomic E-state index is 12.3. The highest BCUT2D eigenvalue weighted by Gasteiger charge is 2.32. The topological polar surface area (TPSA) is 115 Å². The molecule has 0 saturated heterocycles. The van der Waals surface area contributed by atoms with Crippen LogP contribution in [0.2, 0.25) is 0 Å². The van der Waals surface area contributed by atoms with Gasteiger partial charge in [-0.05, 0) is 51.0 Å². The molecule has 1 aromatic rings. The first-order valence-electron chi connectivity index (χ1n) is 5.68. The molecule has 1 aromatic carbocycles. The Labute approximate surface area is 113 Å². The molecule has 0 bridgehead atoms. The van der Waals surface area contributed by atoms with Crippen molar-refractivity contribution in [3.63, 3.8) is 0 Å². The van der Waals surface area contributed by atoms with Crippen molar-refractivity contribution in [3.8, 4) is 0 Å². The van der Waals surface area contributed by atoms with Crippen molar-refractivity contribution in [1.29, 1.82) is 0 Å². The molecule has 19 heavy (non-hydrogen) atoms. The lowest BCUT2D eigenvalue weighted by Gasteiger charge is -2.23. The highest BCUT2D eigenvalue weighted by molar-refractivity contribution is 7.89. The summed E-state index contributed by atoms with van der Waals surface area (Å²) in [6.07, 6.45) is 0. The average molecular weight is 285 g/mol. The Morgan fingerprint density at radius 3 is 2.00 bits per heavy atom.